The molecule has 3 heterocycles. The van der Waals surface area contributed by atoms with Crippen molar-refractivity contribution in [3.8, 4) is 0 Å². The van der Waals surface area contributed by atoms with E-state index in [4.69, 9.17) is 4.74 Å². The molecule has 1 N–H and O–H groups in total. The molecule has 1 aliphatic rings. The molecule has 0 bridgehead atoms. The number of rotatable bonds is 5. The van der Waals surface area contributed by atoms with E-state index >= 15 is 0 Å². The second-order valence-electron chi connectivity index (χ2n) is 5.29. The Hall–Kier alpha value is -2.55. The van der Waals surface area contributed by atoms with Crippen LogP contribution in [0.2, 0.25) is 0 Å². The standard InChI is InChI=1S/C15H17F2N5O2/c16-14(17)10-22-9-11(8-19-22)20-15(23)13-7-12(1-2-18-13)21-3-5-24-6-4-21/h1-2,7-9,14H,3-6,10H2,(H,20,23). The Bertz CT molecular complexity index is 701. The van der Waals surface area contributed by atoms with Crippen LogP contribution in [0.4, 0.5) is 20.2 Å². The molecule has 1 aliphatic heterocycles. The van der Waals surface area contributed by atoms with Crippen molar-refractivity contribution in [1.82, 2.24) is 14.8 Å². The number of aromatic nitrogens is 3. The number of ether oxygens (including phenoxy) is 1. The third kappa shape index (κ3) is 4.05. The Morgan fingerprint density at radius 2 is 2.17 bits per heavy atom. The van der Waals surface area contributed by atoms with Crippen molar-refractivity contribution < 1.29 is 18.3 Å². The summed E-state index contributed by atoms with van der Waals surface area (Å²) in [4.78, 5) is 18.5. The second kappa shape index (κ2) is 7.35. The number of anilines is 2. The van der Waals surface area contributed by atoms with Gasteiger partial charge in [-0.05, 0) is 12.1 Å². The zero-order valence-corrected chi connectivity index (χ0v) is 12.9. The number of pyridine rings is 1. The van der Waals surface area contributed by atoms with Crippen LogP contribution in [0.25, 0.3) is 0 Å². The van der Waals surface area contributed by atoms with Gasteiger partial charge in [0.2, 0.25) is 0 Å². The lowest BCUT2D eigenvalue weighted by atomic mass is 10.2. The Morgan fingerprint density at radius 1 is 1.38 bits per heavy atom. The van der Waals surface area contributed by atoms with Gasteiger partial charge in [0.1, 0.15) is 12.2 Å². The fourth-order valence-electron chi connectivity index (χ4n) is 2.43. The molecule has 0 aliphatic carbocycles. The lowest BCUT2D eigenvalue weighted by Gasteiger charge is -2.28. The lowest BCUT2D eigenvalue weighted by molar-refractivity contribution is 0.102. The number of halogens is 2. The number of morpholine rings is 1. The Balaban J connectivity index is 1.67. The third-order valence-electron chi connectivity index (χ3n) is 3.57. The van der Waals surface area contributed by atoms with E-state index in [2.05, 4.69) is 20.3 Å². The van der Waals surface area contributed by atoms with Crippen LogP contribution in [0.3, 0.4) is 0 Å². The molecule has 0 saturated carbocycles. The average Bonchev–Trinajstić information content (AvgIpc) is 3.02. The summed E-state index contributed by atoms with van der Waals surface area (Å²) in [5, 5.41) is 6.38. The normalized spacial score (nSPS) is 14.9. The van der Waals surface area contributed by atoms with Crippen molar-refractivity contribution in [3.05, 3.63) is 36.4 Å². The van der Waals surface area contributed by atoms with E-state index in [1.54, 1.807) is 12.3 Å². The van der Waals surface area contributed by atoms with E-state index < -0.39 is 18.9 Å². The fraction of sp³-hybridized carbons (Fsp3) is 0.400. The van der Waals surface area contributed by atoms with E-state index in [9.17, 15) is 13.6 Å². The molecule has 3 rings (SSSR count). The summed E-state index contributed by atoms with van der Waals surface area (Å²) in [5.41, 5.74) is 1.49. The number of amides is 1. The smallest absolute Gasteiger partial charge is 0.274 e. The first kappa shape index (κ1) is 16.3. The molecule has 9 heteroatoms. The molecule has 7 nitrogen and oxygen atoms in total. The van der Waals surface area contributed by atoms with Gasteiger partial charge < -0.3 is 15.0 Å². The minimum Gasteiger partial charge on any atom is -0.378 e. The zero-order valence-electron chi connectivity index (χ0n) is 12.9. The van der Waals surface area contributed by atoms with Crippen LogP contribution in [0.1, 0.15) is 10.5 Å². The Kier molecular flexibility index (Phi) is 4.99. The summed E-state index contributed by atoms with van der Waals surface area (Å²) < 4.78 is 31.0. The quantitative estimate of drug-likeness (QED) is 0.898. The molecule has 0 unspecified atom stereocenters. The highest BCUT2D eigenvalue weighted by Crippen LogP contribution is 2.17. The van der Waals surface area contributed by atoms with Crippen LogP contribution >= 0.6 is 0 Å². The molecule has 2 aromatic rings. The first-order valence-electron chi connectivity index (χ1n) is 7.52. The highest BCUT2D eigenvalue weighted by atomic mass is 19.3. The molecular weight excluding hydrogens is 320 g/mol. The average molecular weight is 337 g/mol. The van der Waals surface area contributed by atoms with Gasteiger partial charge in [0.05, 0.1) is 25.1 Å². The van der Waals surface area contributed by atoms with Crippen LogP contribution in [-0.2, 0) is 11.3 Å². The van der Waals surface area contributed by atoms with E-state index in [0.717, 1.165) is 23.5 Å². The summed E-state index contributed by atoms with van der Waals surface area (Å²) in [6.45, 7) is 2.29. The first-order chi connectivity index (χ1) is 11.6. The van der Waals surface area contributed by atoms with Gasteiger partial charge >= 0.3 is 0 Å². The van der Waals surface area contributed by atoms with Gasteiger partial charge in [0, 0.05) is 31.2 Å². The number of nitrogens with one attached hydrogen (secondary N) is 1. The van der Waals surface area contributed by atoms with Gasteiger partial charge in [0.25, 0.3) is 12.3 Å². The number of carbonyl (C=O) groups is 1. The summed E-state index contributed by atoms with van der Waals surface area (Å²) in [7, 11) is 0. The Labute approximate surface area is 137 Å². The Morgan fingerprint density at radius 3 is 2.92 bits per heavy atom. The number of carbonyl (C=O) groups excluding carboxylic acids is 1. The van der Waals surface area contributed by atoms with E-state index in [-0.39, 0.29) is 5.69 Å². The monoisotopic (exact) mass is 337 g/mol. The summed E-state index contributed by atoms with van der Waals surface area (Å²) in [6, 6.07) is 3.53. The predicted molar refractivity (Wildman–Crippen MR) is 83.5 cm³/mol. The molecule has 24 heavy (non-hydrogen) atoms. The van der Waals surface area contributed by atoms with Crippen molar-refractivity contribution in [3.63, 3.8) is 0 Å². The molecule has 0 atom stereocenters. The van der Waals surface area contributed by atoms with Gasteiger partial charge in [-0.3, -0.25) is 14.5 Å². The highest BCUT2D eigenvalue weighted by molar-refractivity contribution is 6.03. The minimum atomic E-state index is -2.50. The van der Waals surface area contributed by atoms with Crippen molar-refractivity contribution in [1.29, 1.82) is 0 Å². The lowest BCUT2D eigenvalue weighted by Crippen LogP contribution is -2.36. The maximum absolute atomic E-state index is 12.3. The van der Waals surface area contributed by atoms with Crippen molar-refractivity contribution in [2.45, 2.75) is 13.0 Å². The zero-order chi connectivity index (χ0) is 16.9. The number of nitrogens with zero attached hydrogens (tertiary/aromatic N) is 4. The number of alkyl halides is 2. The summed E-state index contributed by atoms with van der Waals surface area (Å²) in [5.74, 6) is -0.415. The fourth-order valence-corrected chi connectivity index (χ4v) is 2.43. The maximum atomic E-state index is 12.3. The molecule has 1 amide bonds. The molecule has 0 spiro atoms. The molecule has 128 valence electrons. The molecule has 1 fully saturated rings. The van der Waals surface area contributed by atoms with E-state index in [0.29, 0.717) is 18.9 Å². The molecule has 0 aromatic carbocycles. The predicted octanol–water partition coefficient (Wildman–Crippen LogP) is 1.63. The molecular formula is C15H17F2N5O2. The summed E-state index contributed by atoms with van der Waals surface area (Å²) >= 11 is 0. The molecule has 1 saturated heterocycles. The van der Waals surface area contributed by atoms with E-state index in [1.165, 1.54) is 12.4 Å². The molecule has 0 radical (unpaired) electrons. The maximum Gasteiger partial charge on any atom is 0.274 e. The van der Waals surface area contributed by atoms with Crippen LogP contribution in [0.5, 0.6) is 0 Å². The van der Waals surface area contributed by atoms with E-state index in [1.807, 2.05) is 6.07 Å². The topological polar surface area (TPSA) is 72.3 Å². The van der Waals surface area contributed by atoms with Gasteiger partial charge in [0.15, 0.2) is 0 Å². The number of hydrogen-bond donors (Lipinski definition) is 1. The van der Waals surface area contributed by atoms with Crippen molar-refractivity contribution in [2.24, 2.45) is 0 Å². The molecule has 2 aromatic heterocycles. The first-order valence-corrected chi connectivity index (χ1v) is 7.52. The van der Waals surface area contributed by atoms with Crippen LogP contribution in [-0.4, -0.2) is 53.4 Å². The highest BCUT2D eigenvalue weighted by Gasteiger charge is 2.15. The van der Waals surface area contributed by atoms with Crippen molar-refractivity contribution >= 4 is 17.3 Å². The van der Waals surface area contributed by atoms with Gasteiger partial charge in [-0.25, -0.2) is 8.78 Å². The number of hydrogen-bond acceptors (Lipinski definition) is 5. The SMILES string of the molecule is O=C(Nc1cnn(CC(F)F)c1)c1cc(N2CCOCC2)ccn1. The van der Waals surface area contributed by atoms with Gasteiger partial charge in [-0.1, -0.05) is 0 Å². The second-order valence-corrected chi connectivity index (χ2v) is 5.29. The largest absolute Gasteiger partial charge is 0.378 e. The van der Waals surface area contributed by atoms with Crippen LogP contribution < -0.4 is 10.2 Å². The van der Waals surface area contributed by atoms with Crippen LogP contribution in [0, 0.1) is 0 Å². The minimum absolute atomic E-state index is 0.251. The summed E-state index contributed by atoms with van der Waals surface area (Å²) in [6.07, 6.45) is 1.75. The third-order valence-corrected chi connectivity index (χ3v) is 3.57. The van der Waals surface area contributed by atoms with Crippen molar-refractivity contribution in [2.75, 3.05) is 36.5 Å². The van der Waals surface area contributed by atoms with Gasteiger partial charge in [-0.15, -0.1) is 0 Å². The van der Waals surface area contributed by atoms with Crippen LogP contribution in [0.15, 0.2) is 30.7 Å². The van der Waals surface area contributed by atoms with Gasteiger partial charge in [-0.2, -0.15) is 5.10 Å².